The van der Waals surface area contributed by atoms with Crippen LogP contribution >= 0.6 is 0 Å². The first kappa shape index (κ1) is 38.4. The molecule has 1 fully saturated rings. The Balaban J connectivity index is 1.39. The number of ether oxygens (including phenoxy) is 1. The summed E-state index contributed by atoms with van der Waals surface area (Å²) in [4.78, 5) is 68.4. The van der Waals surface area contributed by atoms with E-state index in [9.17, 15) is 24.0 Å². The molecule has 0 aliphatic carbocycles. The van der Waals surface area contributed by atoms with Crippen molar-refractivity contribution in [1.82, 2.24) is 26.6 Å². The van der Waals surface area contributed by atoms with Gasteiger partial charge in [-0.3, -0.25) is 19.2 Å². The van der Waals surface area contributed by atoms with E-state index in [0.717, 1.165) is 35.2 Å². The molecule has 5 atom stereocenters. The summed E-state index contributed by atoms with van der Waals surface area (Å²) < 4.78 is 5.02. The van der Waals surface area contributed by atoms with Crippen molar-refractivity contribution in [3.05, 3.63) is 144 Å². The van der Waals surface area contributed by atoms with Gasteiger partial charge in [0.25, 0.3) is 0 Å². The lowest BCUT2D eigenvalue weighted by atomic mass is 10.0. The number of amides is 4. The number of methoxy groups -OCH3 is 1. The number of nitrogens with one attached hydrogen (secondary N) is 5. The number of benzene rings is 4. The second-order valence-corrected chi connectivity index (χ2v) is 13.2. The fourth-order valence-corrected chi connectivity index (χ4v) is 6.36. The zero-order chi connectivity index (χ0) is 37.4. The molecule has 1 saturated heterocycles. The first-order valence-electron chi connectivity index (χ1n) is 18.0. The third kappa shape index (κ3) is 11.9. The highest BCUT2D eigenvalue weighted by Crippen LogP contribution is 2.12. The number of hydrogen-bond donors (Lipinski definition) is 5. The van der Waals surface area contributed by atoms with Gasteiger partial charge in [0.05, 0.1) is 13.2 Å². The minimum absolute atomic E-state index is 0.116. The Kier molecular flexibility index (Phi) is 14.3. The standard InChI is InChI=1S/C42H47N5O6/c1-53-42(52)37(28-32-21-12-5-13-22-32)47-41(51)36(27-31-19-10-4-11-20-31)46-40(50)35(26-30-17-8-3-9-18-30)45-39(49)34(25-29-15-6-2-7-16-29)44-38(48)33-23-14-24-43-33/h2-13,15-22,33-37,43H,14,23-28H2,1H3,(H,44,48)(H,45,49)(H,46,50)(H,47,51)/t33-,34-,35-,36-,37-/m0/s1. The zero-order valence-corrected chi connectivity index (χ0v) is 29.8. The van der Waals surface area contributed by atoms with E-state index in [1.54, 1.807) is 0 Å². The van der Waals surface area contributed by atoms with Crippen molar-refractivity contribution in [3.63, 3.8) is 0 Å². The average molecular weight is 718 g/mol. The molecule has 0 unspecified atom stereocenters. The zero-order valence-electron chi connectivity index (χ0n) is 29.8. The van der Waals surface area contributed by atoms with Crippen LogP contribution in [0.25, 0.3) is 0 Å². The summed E-state index contributed by atoms with van der Waals surface area (Å²) in [6.45, 7) is 0.720. The predicted octanol–water partition coefficient (Wildman–Crippen LogP) is 2.82. The summed E-state index contributed by atoms with van der Waals surface area (Å²) in [6.07, 6.45) is 2.15. The molecule has 53 heavy (non-hydrogen) atoms. The van der Waals surface area contributed by atoms with Gasteiger partial charge in [-0.1, -0.05) is 121 Å². The van der Waals surface area contributed by atoms with Crippen molar-refractivity contribution in [2.45, 2.75) is 68.7 Å². The van der Waals surface area contributed by atoms with Gasteiger partial charge in [0.15, 0.2) is 0 Å². The van der Waals surface area contributed by atoms with Gasteiger partial charge in [-0.25, -0.2) is 4.79 Å². The van der Waals surface area contributed by atoms with Gasteiger partial charge in [-0.05, 0) is 41.6 Å². The van der Waals surface area contributed by atoms with Crippen LogP contribution in [0.4, 0.5) is 0 Å². The highest BCUT2D eigenvalue weighted by Gasteiger charge is 2.33. The van der Waals surface area contributed by atoms with Crippen molar-refractivity contribution in [2.75, 3.05) is 13.7 Å². The predicted molar refractivity (Wildman–Crippen MR) is 201 cm³/mol. The Morgan fingerprint density at radius 3 is 1.23 bits per heavy atom. The van der Waals surface area contributed by atoms with E-state index in [2.05, 4.69) is 26.6 Å². The van der Waals surface area contributed by atoms with E-state index in [0.29, 0.717) is 6.42 Å². The Morgan fingerprint density at radius 2 is 0.887 bits per heavy atom. The molecule has 0 saturated carbocycles. The summed E-state index contributed by atoms with van der Waals surface area (Å²) in [6, 6.07) is 32.4. The number of carbonyl (C=O) groups is 5. The summed E-state index contributed by atoms with van der Waals surface area (Å²) >= 11 is 0. The summed E-state index contributed by atoms with van der Waals surface area (Å²) in [7, 11) is 1.25. The molecule has 4 amide bonds. The number of esters is 1. The quantitative estimate of drug-likeness (QED) is 0.105. The second-order valence-electron chi connectivity index (χ2n) is 13.2. The molecular formula is C42H47N5O6. The molecule has 0 bridgehead atoms. The van der Waals surface area contributed by atoms with Gasteiger partial charge >= 0.3 is 5.97 Å². The van der Waals surface area contributed by atoms with Crippen LogP contribution in [0.2, 0.25) is 0 Å². The van der Waals surface area contributed by atoms with Crippen LogP contribution in [0.3, 0.4) is 0 Å². The minimum Gasteiger partial charge on any atom is -0.467 e. The van der Waals surface area contributed by atoms with Gasteiger partial charge in [-0.2, -0.15) is 0 Å². The molecule has 276 valence electrons. The van der Waals surface area contributed by atoms with Crippen LogP contribution in [0.1, 0.15) is 35.1 Å². The Bertz CT molecular complexity index is 1790. The highest BCUT2D eigenvalue weighted by atomic mass is 16.5. The molecule has 0 aromatic heterocycles. The number of hydrogen-bond acceptors (Lipinski definition) is 7. The summed E-state index contributed by atoms with van der Waals surface area (Å²) in [5, 5.41) is 14.7. The Morgan fingerprint density at radius 1 is 0.547 bits per heavy atom. The largest absolute Gasteiger partial charge is 0.467 e. The number of rotatable bonds is 17. The van der Waals surface area contributed by atoms with Crippen LogP contribution in [0.5, 0.6) is 0 Å². The molecule has 4 aromatic rings. The highest BCUT2D eigenvalue weighted by molar-refractivity contribution is 5.96. The van der Waals surface area contributed by atoms with Gasteiger partial charge < -0.3 is 31.3 Å². The second kappa shape index (κ2) is 19.7. The SMILES string of the molecule is COC(=O)[C@H](Cc1ccccc1)NC(=O)[C@H](Cc1ccccc1)NC(=O)[C@H](Cc1ccccc1)NC(=O)[C@H](Cc1ccccc1)NC(=O)[C@@H]1CCCN1. The van der Waals surface area contributed by atoms with Gasteiger partial charge in [0.2, 0.25) is 23.6 Å². The monoisotopic (exact) mass is 717 g/mol. The fourth-order valence-electron chi connectivity index (χ4n) is 6.36. The first-order valence-corrected chi connectivity index (χ1v) is 18.0. The average Bonchev–Trinajstić information content (AvgIpc) is 3.74. The lowest BCUT2D eigenvalue weighted by molar-refractivity contribution is -0.145. The molecule has 5 N–H and O–H groups in total. The Hall–Kier alpha value is -5.81. The lowest BCUT2D eigenvalue weighted by Gasteiger charge is -2.27. The van der Waals surface area contributed by atoms with E-state index in [1.165, 1.54) is 7.11 Å². The van der Waals surface area contributed by atoms with Crippen molar-refractivity contribution < 1.29 is 28.7 Å². The molecule has 5 rings (SSSR count). The fraction of sp³-hybridized carbons (Fsp3) is 0.310. The van der Waals surface area contributed by atoms with Gasteiger partial charge in [-0.15, -0.1) is 0 Å². The van der Waals surface area contributed by atoms with Crippen LogP contribution in [0, 0.1) is 0 Å². The van der Waals surface area contributed by atoms with E-state index in [4.69, 9.17) is 4.74 Å². The molecule has 11 nitrogen and oxygen atoms in total. The summed E-state index contributed by atoms with van der Waals surface area (Å²) in [5.41, 5.74) is 3.22. The maximum absolute atomic E-state index is 14.3. The minimum atomic E-state index is -1.11. The third-order valence-corrected chi connectivity index (χ3v) is 9.21. The Labute approximate surface area is 310 Å². The molecule has 0 spiro atoms. The maximum atomic E-state index is 14.3. The van der Waals surface area contributed by atoms with Crippen LogP contribution in [-0.4, -0.2) is 73.5 Å². The van der Waals surface area contributed by atoms with Gasteiger partial charge in [0, 0.05) is 25.7 Å². The van der Waals surface area contributed by atoms with E-state index in [1.807, 2.05) is 121 Å². The lowest BCUT2D eigenvalue weighted by Crippen LogP contribution is -2.59. The van der Waals surface area contributed by atoms with Crippen molar-refractivity contribution in [1.29, 1.82) is 0 Å². The molecular weight excluding hydrogens is 670 g/mol. The molecule has 1 heterocycles. The van der Waals surface area contributed by atoms with Crippen LogP contribution < -0.4 is 26.6 Å². The van der Waals surface area contributed by atoms with E-state index < -0.39 is 53.9 Å². The molecule has 1 aliphatic rings. The van der Waals surface area contributed by atoms with Crippen molar-refractivity contribution in [3.8, 4) is 0 Å². The summed E-state index contributed by atoms with van der Waals surface area (Å²) in [5.74, 6) is -2.62. The molecule has 1 aliphatic heterocycles. The van der Waals surface area contributed by atoms with Crippen LogP contribution in [0.15, 0.2) is 121 Å². The maximum Gasteiger partial charge on any atom is 0.328 e. The first-order chi connectivity index (χ1) is 25.8. The third-order valence-electron chi connectivity index (χ3n) is 9.21. The van der Waals surface area contributed by atoms with E-state index >= 15 is 0 Å². The molecule has 0 radical (unpaired) electrons. The van der Waals surface area contributed by atoms with Crippen LogP contribution in [-0.2, 0) is 54.4 Å². The number of carbonyl (C=O) groups excluding carboxylic acids is 5. The molecule has 4 aromatic carbocycles. The van der Waals surface area contributed by atoms with Crippen molar-refractivity contribution >= 4 is 29.6 Å². The van der Waals surface area contributed by atoms with Gasteiger partial charge in [0.1, 0.15) is 24.2 Å². The van der Waals surface area contributed by atoms with Crippen molar-refractivity contribution in [2.24, 2.45) is 0 Å². The molecule has 11 heteroatoms. The smallest absolute Gasteiger partial charge is 0.328 e. The topological polar surface area (TPSA) is 155 Å². The van der Waals surface area contributed by atoms with E-state index in [-0.39, 0.29) is 31.6 Å². The normalized spacial score (nSPS) is 15.9.